The van der Waals surface area contributed by atoms with Crippen LogP contribution in [0.25, 0.3) is 0 Å². The summed E-state index contributed by atoms with van der Waals surface area (Å²) in [5.41, 5.74) is -1.11. The van der Waals surface area contributed by atoms with Gasteiger partial charge < -0.3 is 9.84 Å². The van der Waals surface area contributed by atoms with Crippen molar-refractivity contribution in [2.24, 2.45) is 28.6 Å². The summed E-state index contributed by atoms with van der Waals surface area (Å²) < 4.78 is 21.7. The molecule has 0 aromatic rings. The maximum atomic E-state index is 15.6. The molecule has 5 rings (SSSR count). The summed E-state index contributed by atoms with van der Waals surface area (Å²) in [4.78, 5) is 11.9. The van der Waals surface area contributed by atoms with Gasteiger partial charge in [0.25, 0.3) is 0 Å². The molecule has 3 saturated carbocycles. The third kappa shape index (κ3) is 1.72. The van der Waals surface area contributed by atoms with Crippen LogP contribution in [0.5, 0.6) is 0 Å². The van der Waals surface area contributed by atoms with Gasteiger partial charge in [0.1, 0.15) is 17.9 Å². The van der Waals surface area contributed by atoms with Crippen molar-refractivity contribution in [2.45, 2.75) is 69.9 Å². The highest BCUT2D eigenvalue weighted by Crippen LogP contribution is 2.71. The molecule has 3 nitrogen and oxygen atoms in total. The standard InChI is InChI=1S/C21H25FO3/c1-4-21(24)8-6-12-15-16(14(22)10-20(12,21)3)19(2)7-5-11(23)9-13(19)17-18(15)25-17/h1,9,12,14-18,24H,5-8,10H2,2-3H3/t12-,14-,15-,16-,17+,18-,19-,20-,21-/m0/s1. The second-order valence-electron chi connectivity index (χ2n) is 9.40. The maximum absolute atomic E-state index is 15.6. The van der Waals surface area contributed by atoms with Crippen LogP contribution in [0.4, 0.5) is 4.39 Å². The first-order valence-electron chi connectivity index (χ1n) is 9.50. The third-order valence-electron chi connectivity index (χ3n) is 8.52. The average Bonchev–Trinajstić information content (AvgIpc) is 3.30. The van der Waals surface area contributed by atoms with Crippen molar-refractivity contribution in [3.8, 4) is 12.3 Å². The van der Waals surface area contributed by atoms with Crippen LogP contribution < -0.4 is 0 Å². The molecule has 0 amide bonds. The van der Waals surface area contributed by atoms with Crippen LogP contribution in [-0.2, 0) is 9.53 Å². The Kier molecular flexibility index (Phi) is 2.92. The fourth-order valence-corrected chi connectivity index (χ4v) is 7.10. The molecule has 0 aromatic heterocycles. The van der Waals surface area contributed by atoms with E-state index in [-0.39, 0.29) is 41.2 Å². The van der Waals surface area contributed by atoms with Gasteiger partial charge in [-0.15, -0.1) is 6.42 Å². The summed E-state index contributed by atoms with van der Waals surface area (Å²) in [5, 5.41) is 11.0. The second-order valence-corrected chi connectivity index (χ2v) is 9.40. The summed E-state index contributed by atoms with van der Waals surface area (Å²) in [6, 6.07) is 0. The SMILES string of the molecule is C#C[C@]1(O)CC[C@H]2[C@@H]3[C@@H]4O[C@@H]4C4=CC(=O)CC[C@]4(C)[C@H]3[C@@H](F)C[C@@]21C. The minimum absolute atomic E-state index is 0.0155. The highest BCUT2D eigenvalue weighted by Gasteiger charge is 2.73. The Labute approximate surface area is 148 Å². The molecule has 0 unspecified atom stereocenters. The van der Waals surface area contributed by atoms with Crippen molar-refractivity contribution in [2.75, 3.05) is 0 Å². The van der Waals surface area contributed by atoms with Crippen molar-refractivity contribution in [1.82, 2.24) is 0 Å². The third-order valence-corrected chi connectivity index (χ3v) is 8.52. The number of terminal acetylenes is 1. The van der Waals surface area contributed by atoms with Gasteiger partial charge in [-0.2, -0.15) is 0 Å². The van der Waals surface area contributed by atoms with E-state index in [1.165, 1.54) is 0 Å². The van der Waals surface area contributed by atoms with Crippen LogP contribution >= 0.6 is 0 Å². The van der Waals surface area contributed by atoms with Gasteiger partial charge in [-0.3, -0.25) is 4.79 Å². The van der Waals surface area contributed by atoms with Crippen molar-refractivity contribution in [3.63, 3.8) is 0 Å². The van der Waals surface area contributed by atoms with E-state index in [2.05, 4.69) is 12.8 Å². The molecule has 1 aliphatic heterocycles. The number of carbonyl (C=O) groups excluding carboxylic acids is 1. The van der Waals surface area contributed by atoms with Crippen molar-refractivity contribution < 1.29 is 19.0 Å². The largest absolute Gasteiger partial charge is 0.377 e. The molecule has 4 heteroatoms. The van der Waals surface area contributed by atoms with Crippen LogP contribution in [0.3, 0.4) is 0 Å². The lowest BCUT2D eigenvalue weighted by atomic mass is 9.46. The molecular weight excluding hydrogens is 319 g/mol. The van der Waals surface area contributed by atoms with E-state index in [1.807, 2.05) is 6.92 Å². The van der Waals surface area contributed by atoms with Gasteiger partial charge in [0.05, 0.1) is 6.10 Å². The number of carbonyl (C=O) groups is 1. The average molecular weight is 344 g/mol. The predicted molar refractivity (Wildman–Crippen MR) is 90.2 cm³/mol. The summed E-state index contributed by atoms with van der Waals surface area (Å²) in [6.07, 6.45) is 9.17. The van der Waals surface area contributed by atoms with Gasteiger partial charge in [0, 0.05) is 17.8 Å². The first-order chi connectivity index (χ1) is 11.7. The Morgan fingerprint density at radius 3 is 2.88 bits per heavy atom. The number of aliphatic hydroxyl groups is 1. The topological polar surface area (TPSA) is 49.8 Å². The summed E-state index contributed by atoms with van der Waals surface area (Å²) in [6.45, 7) is 4.10. The van der Waals surface area contributed by atoms with Crippen LogP contribution in [0, 0.1) is 40.9 Å². The van der Waals surface area contributed by atoms with Crippen molar-refractivity contribution in [1.29, 1.82) is 0 Å². The van der Waals surface area contributed by atoms with Gasteiger partial charge in [-0.1, -0.05) is 19.8 Å². The van der Waals surface area contributed by atoms with Crippen LogP contribution in [0.2, 0.25) is 0 Å². The number of ketones is 1. The van der Waals surface area contributed by atoms with Gasteiger partial charge in [-0.25, -0.2) is 4.39 Å². The summed E-state index contributed by atoms with van der Waals surface area (Å²) in [7, 11) is 0. The Morgan fingerprint density at radius 1 is 1.40 bits per heavy atom. The van der Waals surface area contributed by atoms with Gasteiger partial charge in [0.2, 0.25) is 0 Å². The molecule has 1 heterocycles. The Bertz CT molecular complexity index is 738. The molecule has 134 valence electrons. The molecule has 0 spiro atoms. The summed E-state index contributed by atoms with van der Waals surface area (Å²) >= 11 is 0. The van der Waals surface area contributed by atoms with E-state index >= 15 is 4.39 Å². The van der Waals surface area contributed by atoms with Crippen molar-refractivity contribution >= 4 is 5.78 Å². The maximum Gasteiger partial charge on any atom is 0.155 e. The number of fused-ring (bicyclic) bond motifs is 8. The molecule has 1 saturated heterocycles. The lowest BCUT2D eigenvalue weighted by molar-refractivity contribution is -0.135. The van der Waals surface area contributed by atoms with Gasteiger partial charge in [0.15, 0.2) is 5.78 Å². The first kappa shape index (κ1) is 16.0. The minimum Gasteiger partial charge on any atom is -0.377 e. The lowest BCUT2D eigenvalue weighted by Gasteiger charge is -2.58. The molecular formula is C21H25FO3. The Morgan fingerprint density at radius 2 is 2.16 bits per heavy atom. The monoisotopic (exact) mass is 344 g/mol. The molecule has 25 heavy (non-hydrogen) atoms. The molecule has 4 aliphatic carbocycles. The molecule has 5 aliphatic rings. The molecule has 0 radical (unpaired) electrons. The first-order valence-corrected chi connectivity index (χ1v) is 9.50. The number of alkyl halides is 1. The highest BCUT2D eigenvalue weighted by atomic mass is 19.1. The smallest absolute Gasteiger partial charge is 0.155 e. The summed E-state index contributed by atoms with van der Waals surface area (Å²) in [5.74, 6) is 2.84. The van der Waals surface area contributed by atoms with Gasteiger partial charge >= 0.3 is 0 Å². The number of epoxide rings is 1. The minimum atomic E-state index is -1.23. The van der Waals surface area contributed by atoms with E-state index < -0.39 is 17.2 Å². The number of rotatable bonds is 0. The van der Waals surface area contributed by atoms with Crippen molar-refractivity contribution in [3.05, 3.63) is 11.6 Å². The molecule has 9 atom stereocenters. The molecule has 0 bridgehead atoms. The normalized spacial score (nSPS) is 59.0. The predicted octanol–water partition coefficient (Wildman–Crippen LogP) is 2.82. The Hall–Kier alpha value is -1.18. The van der Waals surface area contributed by atoms with Crippen LogP contribution in [0.1, 0.15) is 46.0 Å². The number of hydrogen-bond acceptors (Lipinski definition) is 3. The van der Waals surface area contributed by atoms with E-state index in [1.54, 1.807) is 6.08 Å². The number of halogens is 1. The molecule has 0 aromatic carbocycles. The Balaban J connectivity index is 1.62. The second kappa shape index (κ2) is 4.56. The fourth-order valence-electron chi connectivity index (χ4n) is 7.10. The lowest BCUT2D eigenvalue weighted by Crippen LogP contribution is -2.60. The quantitative estimate of drug-likeness (QED) is 0.543. The zero-order valence-corrected chi connectivity index (χ0v) is 14.8. The van der Waals surface area contributed by atoms with E-state index in [0.717, 1.165) is 12.0 Å². The molecule has 4 fully saturated rings. The zero-order chi connectivity index (χ0) is 17.8. The van der Waals surface area contributed by atoms with E-state index in [0.29, 0.717) is 25.7 Å². The van der Waals surface area contributed by atoms with Crippen LogP contribution in [-0.4, -0.2) is 34.9 Å². The zero-order valence-electron chi connectivity index (χ0n) is 14.8. The number of ether oxygens (including phenoxy) is 1. The van der Waals surface area contributed by atoms with E-state index in [9.17, 15) is 9.90 Å². The molecule has 1 N–H and O–H groups in total. The highest BCUT2D eigenvalue weighted by molar-refractivity contribution is 5.92. The number of hydrogen-bond donors (Lipinski definition) is 1. The van der Waals surface area contributed by atoms with Gasteiger partial charge in [-0.05, 0) is 54.6 Å². The van der Waals surface area contributed by atoms with Crippen LogP contribution in [0.15, 0.2) is 11.6 Å². The van der Waals surface area contributed by atoms with E-state index in [4.69, 9.17) is 11.2 Å². The fraction of sp³-hybridized carbons (Fsp3) is 0.762.